The predicted molar refractivity (Wildman–Crippen MR) is 120 cm³/mol. The summed E-state index contributed by atoms with van der Waals surface area (Å²) in [6.07, 6.45) is 2.79. The number of methoxy groups -OCH3 is 1. The SMILES string of the molecule is CCOC(=O)c1c(NC(=S)NC(=O)c2ccccc2OCCOC)sc2c1CCC2. The van der Waals surface area contributed by atoms with Gasteiger partial charge in [0.05, 0.1) is 24.3 Å². The number of esters is 1. The summed E-state index contributed by atoms with van der Waals surface area (Å²) in [5, 5.41) is 6.38. The minimum Gasteiger partial charge on any atom is -0.490 e. The average Bonchev–Trinajstić information content (AvgIpc) is 3.29. The van der Waals surface area contributed by atoms with E-state index in [2.05, 4.69) is 10.6 Å². The summed E-state index contributed by atoms with van der Waals surface area (Å²) in [5.74, 6) is -0.329. The lowest BCUT2D eigenvalue weighted by Crippen LogP contribution is -2.34. The molecule has 3 rings (SSSR count). The molecule has 2 N–H and O–H groups in total. The van der Waals surface area contributed by atoms with Crippen LogP contribution < -0.4 is 15.4 Å². The number of carbonyl (C=O) groups excluding carboxylic acids is 2. The highest BCUT2D eigenvalue weighted by molar-refractivity contribution is 7.80. The molecule has 0 saturated carbocycles. The third kappa shape index (κ3) is 5.16. The van der Waals surface area contributed by atoms with Crippen LogP contribution in [0.15, 0.2) is 24.3 Å². The van der Waals surface area contributed by atoms with Gasteiger partial charge in [-0.05, 0) is 56.1 Å². The Morgan fingerprint density at radius 1 is 1.20 bits per heavy atom. The van der Waals surface area contributed by atoms with E-state index in [0.717, 1.165) is 29.7 Å². The Labute approximate surface area is 184 Å². The molecule has 1 aliphatic carbocycles. The van der Waals surface area contributed by atoms with Crippen molar-refractivity contribution < 1.29 is 23.8 Å². The molecule has 1 heterocycles. The van der Waals surface area contributed by atoms with Gasteiger partial charge in [0.25, 0.3) is 5.91 Å². The number of ether oxygens (including phenoxy) is 3. The first-order chi connectivity index (χ1) is 14.5. The Kier molecular flexibility index (Phi) is 7.78. The van der Waals surface area contributed by atoms with Crippen molar-refractivity contribution in [3.05, 3.63) is 45.8 Å². The highest BCUT2D eigenvalue weighted by Gasteiger charge is 2.28. The number of hydrogen-bond acceptors (Lipinski definition) is 7. The topological polar surface area (TPSA) is 85.9 Å². The molecule has 0 atom stereocenters. The number of carbonyl (C=O) groups is 2. The number of nitrogens with one attached hydrogen (secondary N) is 2. The fourth-order valence-electron chi connectivity index (χ4n) is 3.23. The van der Waals surface area contributed by atoms with Gasteiger partial charge < -0.3 is 19.5 Å². The van der Waals surface area contributed by atoms with Crippen molar-refractivity contribution in [2.45, 2.75) is 26.2 Å². The van der Waals surface area contributed by atoms with Crippen LogP contribution in [0.1, 0.15) is 44.5 Å². The van der Waals surface area contributed by atoms with Crippen LogP contribution in [-0.4, -0.2) is 43.9 Å². The number of thiophene rings is 1. The van der Waals surface area contributed by atoms with Gasteiger partial charge in [0.1, 0.15) is 17.4 Å². The zero-order valence-electron chi connectivity index (χ0n) is 16.9. The third-order valence-corrected chi connectivity index (χ3v) is 5.94. The molecule has 0 fully saturated rings. The average molecular weight is 449 g/mol. The van der Waals surface area contributed by atoms with Crippen LogP contribution in [0, 0.1) is 0 Å². The molecule has 1 aliphatic rings. The van der Waals surface area contributed by atoms with E-state index >= 15 is 0 Å². The molecule has 1 amide bonds. The summed E-state index contributed by atoms with van der Waals surface area (Å²) in [6, 6.07) is 6.90. The number of amides is 1. The molecule has 0 unspecified atom stereocenters. The summed E-state index contributed by atoms with van der Waals surface area (Å²) >= 11 is 6.81. The van der Waals surface area contributed by atoms with Crippen LogP contribution in [0.2, 0.25) is 0 Å². The Morgan fingerprint density at radius 2 is 2.00 bits per heavy atom. The smallest absolute Gasteiger partial charge is 0.341 e. The molecular formula is C21H24N2O5S2. The molecule has 0 saturated heterocycles. The molecule has 0 bridgehead atoms. The second-order valence-electron chi connectivity index (χ2n) is 6.53. The molecular weight excluding hydrogens is 424 g/mol. The van der Waals surface area contributed by atoms with E-state index in [-0.39, 0.29) is 11.1 Å². The lowest BCUT2D eigenvalue weighted by molar-refractivity contribution is 0.0527. The van der Waals surface area contributed by atoms with Crippen molar-refractivity contribution in [2.75, 3.05) is 32.2 Å². The van der Waals surface area contributed by atoms with Gasteiger partial charge in [0.2, 0.25) is 0 Å². The minimum atomic E-state index is -0.401. The van der Waals surface area contributed by atoms with Crippen molar-refractivity contribution in [3.8, 4) is 5.75 Å². The lowest BCUT2D eigenvalue weighted by atomic mass is 10.1. The first kappa shape index (κ1) is 22.2. The van der Waals surface area contributed by atoms with E-state index in [4.69, 9.17) is 26.4 Å². The van der Waals surface area contributed by atoms with Crippen LogP contribution in [0.3, 0.4) is 0 Å². The van der Waals surface area contributed by atoms with E-state index in [1.54, 1.807) is 38.3 Å². The molecule has 9 heteroatoms. The summed E-state index contributed by atoms with van der Waals surface area (Å²) < 4.78 is 15.8. The maximum absolute atomic E-state index is 12.7. The Bertz CT molecular complexity index is 941. The number of aryl methyl sites for hydroxylation is 1. The molecule has 7 nitrogen and oxygen atoms in total. The normalized spacial score (nSPS) is 12.2. The second kappa shape index (κ2) is 10.5. The third-order valence-electron chi connectivity index (χ3n) is 4.53. The fourth-order valence-corrected chi connectivity index (χ4v) is 4.77. The van der Waals surface area contributed by atoms with Crippen molar-refractivity contribution in [1.29, 1.82) is 0 Å². The Balaban J connectivity index is 1.71. The van der Waals surface area contributed by atoms with Gasteiger partial charge in [-0.15, -0.1) is 11.3 Å². The Hall–Kier alpha value is -2.49. The standard InChI is InChI=1S/C21H24N2O5S2/c1-3-27-20(25)17-14-8-6-10-16(14)30-19(17)23-21(29)22-18(24)13-7-4-5-9-15(13)28-12-11-26-2/h4-5,7,9H,3,6,8,10-12H2,1-2H3,(H2,22,23,24,29). The van der Waals surface area contributed by atoms with E-state index in [0.29, 0.717) is 41.7 Å². The largest absolute Gasteiger partial charge is 0.490 e. The van der Waals surface area contributed by atoms with Crippen LogP contribution in [0.4, 0.5) is 5.00 Å². The number of anilines is 1. The number of thiocarbonyl (C=S) groups is 1. The van der Waals surface area contributed by atoms with Gasteiger partial charge in [-0.3, -0.25) is 10.1 Å². The van der Waals surface area contributed by atoms with E-state index in [9.17, 15) is 9.59 Å². The second-order valence-corrected chi connectivity index (χ2v) is 8.04. The van der Waals surface area contributed by atoms with Crippen LogP contribution in [0.25, 0.3) is 0 Å². The lowest BCUT2D eigenvalue weighted by Gasteiger charge is -2.13. The van der Waals surface area contributed by atoms with Crippen molar-refractivity contribution in [2.24, 2.45) is 0 Å². The highest BCUT2D eigenvalue weighted by Crippen LogP contribution is 2.39. The number of hydrogen-bond donors (Lipinski definition) is 2. The summed E-state index contributed by atoms with van der Waals surface area (Å²) in [7, 11) is 1.58. The summed E-state index contributed by atoms with van der Waals surface area (Å²) in [5.41, 5.74) is 1.90. The zero-order chi connectivity index (χ0) is 21.5. The van der Waals surface area contributed by atoms with Gasteiger partial charge >= 0.3 is 5.97 Å². The van der Waals surface area contributed by atoms with Crippen LogP contribution in [-0.2, 0) is 22.3 Å². The number of benzene rings is 1. The quantitative estimate of drug-likeness (QED) is 0.363. The van der Waals surface area contributed by atoms with Crippen LogP contribution >= 0.6 is 23.6 Å². The summed E-state index contributed by atoms with van der Waals surface area (Å²) in [6.45, 7) is 2.81. The van der Waals surface area contributed by atoms with Gasteiger partial charge in [-0.2, -0.15) is 0 Å². The first-order valence-electron chi connectivity index (χ1n) is 9.69. The molecule has 0 spiro atoms. The highest BCUT2D eigenvalue weighted by atomic mass is 32.1. The van der Waals surface area contributed by atoms with Crippen molar-refractivity contribution in [1.82, 2.24) is 5.32 Å². The van der Waals surface area contributed by atoms with Gasteiger partial charge in [0, 0.05) is 12.0 Å². The Morgan fingerprint density at radius 3 is 2.77 bits per heavy atom. The van der Waals surface area contributed by atoms with Gasteiger partial charge in [-0.25, -0.2) is 4.79 Å². The molecule has 0 radical (unpaired) electrons. The van der Waals surface area contributed by atoms with Crippen molar-refractivity contribution in [3.63, 3.8) is 0 Å². The van der Waals surface area contributed by atoms with Gasteiger partial charge in [0.15, 0.2) is 5.11 Å². The molecule has 2 aromatic rings. The van der Waals surface area contributed by atoms with Crippen LogP contribution in [0.5, 0.6) is 5.75 Å². The zero-order valence-corrected chi connectivity index (χ0v) is 18.5. The summed E-state index contributed by atoms with van der Waals surface area (Å²) in [4.78, 5) is 26.3. The monoisotopic (exact) mass is 448 g/mol. The molecule has 1 aromatic carbocycles. The van der Waals surface area contributed by atoms with Crippen molar-refractivity contribution >= 4 is 45.5 Å². The van der Waals surface area contributed by atoms with E-state index in [1.165, 1.54) is 11.3 Å². The molecule has 30 heavy (non-hydrogen) atoms. The number of fused-ring (bicyclic) bond motifs is 1. The minimum absolute atomic E-state index is 0.108. The first-order valence-corrected chi connectivity index (χ1v) is 10.9. The predicted octanol–water partition coefficient (Wildman–Crippen LogP) is 3.57. The molecule has 1 aromatic heterocycles. The van der Waals surface area contributed by atoms with Gasteiger partial charge in [-0.1, -0.05) is 12.1 Å². The maximum Gasteiger partial charge on any atom is 0.341 e. The number of rotatable bonds is 8. The molecule has 0 aliphatic heterocycles. The molecule has 160 valence electrons. The van der Waals surface area contributed by atoms with E-state index < -0.39 is 5.91 Å². The fraction of sp³-hybridized carbons (Fsp3) is 0.381. The number of para-hydroxylation sites is 1. The van der Waals surface area contributed by atoms with E-state index in [1.807, 2.05) is 0 Å². The maximum atomic E-state index is 12.7.